The molecule has 1 fully saturated rings. The molecular weight excluding hydrogens is 214 g/mol. The van der Waals surface area contributed by atoms with E-state index in [4.69, 9.17) is 4.74 Å². The van der Waals surface area contributed by atoms with E-state index < -0.39 is 0 Å². The van der Waals surface area contributed by atoms with Crippen LogP contribution in [0.5, 0.6) is 0 Å². The first-order valence-corrected chi connectivity index (χ1v) is 6.52. The molecule has 0 aromatic carbocycles. The molecule has 0 saturated heterocycles. The molecule has 1 aromatic rings. The first-order chi connectivity index (χ1) is 8.35. The molecule has 1 atom stereocenters. The number of ether oxygens (including phenoxy) is 1. The second kappa shape index (κ2) is 6.17. The number of nitrogens with zero attached hydrogens (tertiary/aromatic N) is 2. The van der Waals surface area contributed by atoms with Gasteiger partial charge in [0.1, 0.15) is 0 Å². The lowest BCUT2D eigenvalue weighted by atomic mass is 10.1. The van der Waals surface area contributed by atoms with Crippen LogP contribution in [0, 0.1) is 5.92 Å². The Labute approximate surface area is 103 Å². The zero-order valence-electron chi connectivity index (χ0n) is 10.9. The van der Waals surface area contributed by atoms with Crippen molar-refractivity contribution < 1.29 is 4.74 Å². The minimum Gasteiger partial charge on any atom is -0.383 e. The van der Waals surface area contributed by atoms with Crippen molar-refractivity contribution in [1.82, 2.24) is 15.1 Å². The first-order valence-electron chi connectivity index (χ1n) is 6.52. The summed E-state index contributed by atoms with van der Waals surface area (Å²) in [6, 6.07) is 2.80. The molecule has 4 nitrogen and oxygen atoms in total. The molecule has 1 saturated carbocycles. The van der Waals surface area contributed by atoms with Gasteiger partial charge in [-0.1, -0.05) is 0 Å². The Hall–Kier alpha value is -0.870. The van der Waals surface area contributed by atoms with Gasteiger partial charge in [0.15, 0.2) is 0 Å². The number of rotatable bonds is 8. The summed E-state index contributed by atoms with van der Waals surface area (Å²) in [5, 5.41) is 7.77. The van der Waals surface area contributed by atoms with Crippen molar-refractivity contribution >= 4 is 0 Å². The minimum atomic E-state index is 0.681. The monoisotopic (exact) mass is 237 g/mol. The summed E-state index contributed by atoms with van der Waals surface area (Å²) < 4.78 is 7.15. The van der Waals surface area contributed by atoms with Crippen molar-refractivity contribution in [2.75, 3.05) is 20.8 Å². The normalized spacial score (nSPS) is 17.3. The smallest absolute Gasteiger partial charge is 0.0658 e. The first kappa shape index (κ1) is 12.6. The van der Waals surface area contributed by atoms with Crippen molar-refractivity contribution in [2.24, 2.45) is 5.92 Å². The second-order valence-electron chi connectivity index (χ2n) is 4.81. The molecule has 1 N–H and O–H groups in total. The Morgan fingerprint density at radius 3 is 3.06 bits per heavy atom. The number of hydrogen-bond donors (Lipinski definition) is 1. The molecule has 0 bridgehead atoms. The molecule has 0 spiro atoms. The Bertz CT molecular complexity index is 333. The van der Waals surface area contributed by atoms with Crippen LogP contribution in [0.2, 0.25) is 0 Å². The fraction of sp³-hybridized carbons (Fsp3) is 0.769. The third-order valence-electron chi connectivity index (χ3n) is 3.59. The zero-order chi connectivity index (χ0) is 12.1. The molecule has 0 amide bonds. The van der Waals surface area contributed by atoms with Crippen LogP contribution in [0.15, 0.2) is 12.3 Å². The highest BCUT2D eigenvalue weighted by Crippen LogP contribution is 2.34. The standard InChI is InChI=1S/C13H23N3O/c1-14-13(11-3-4-11)6-5-12-7-8-15-16(12)9-10-17-2/h7-8,11,13-14H,3-6,9-10H2,1-2H3. The number of hydrogen-bond acceptors (Lipinski definition) is 3. The summed E-state index contributed by atoms with van der Waals surface area (Å²) in [4.78, 5) is 0. The number of nitrogens with one attached hydrogen (secondary N) is 1. The largest absolute Gasteiger partial charge is 0.383 e. The highest BCUT2D eigenvalue weighted by molar-refractivity contribution is 5.02. The van der Waals surface area contributed by atoms with Crippen LogP contribution in [0.25, 0.3) is 0 Å². The fourth-order valence-corrected chi connectivity index (χ4v) is 2.37. The average Bonchev–Trinajstić information content (AvgIpc) is 3.08. The molecule has 1 aromatic heterocycles. The van der Waals surface area contributed by atoms with Crippen molar-refractivity contribution in [2.45, 2.75) is 38.3 Å². The van der Waals surface area contributed by atoms with Crippen LogP contribution >= 0.6 is 0 Å². The molecular formula is C13H23N3O. The summed E-state index contributed by atoms with van der Waals surface area (Å²) >= 11 is 0. The van der Waals surface area contributed by atoms with Crippen LogP contribution in [0.4, 0.5) is 0 Å². The summed E-state index contributed by atoms with van der Waals surface area (Å²) in [7, 11) is 3.80. The van der Waals surface area contributed by atoms with E-state index in [1.807, 2.05) is 6.20 Å². The van der Waals surface area contributed by atoms with Crippen LogP contribution in [0.3, 0.4) is 0 Å². The van der Waals surface area contributed by atoms with Gasteiger partial charge >= 0.3 is 0 Å². The van der Waals surface area contributed by atoms with Gasteiger partial charge in [-0.3, -0.25) is 4.68 Å². The van der Waals surface area contributed by atoms with Gasteiger partial charge in [-0.2, -0.15) is 5.10 Å². The fourth-order valence-electron chi connectivity index (χ4n) is 2.37. The Balaban J connectivity index is 1.82. The predicted molar refractivity (Wildman–Crippen MR) is 68.0 cm³/mol. The Morgan fingerprint density at radius 1 is 1.59 bits per heavy atom. The number of methoxy groups -OCH3 is 1. The van der Waals surface area contributed by atoms with Gasteiger partial charge in [-0.25, -0.2) is 0 Å². The van der Waals surface area contributed by atoms with Crippen molar-refractivity contribution in [3.63, 3.8) is 0 Å². The summed E-state index contributed by atoms with van der Waals surface area (Å²) in [5.41, 5.74) is 1.32. The summed E-state index contributed by atoms with van der Waals surface area (Å²) in [6.07, 6.45) is 6.99. The maximum Gasteiger partial charge on any atom is 0.0658 e. The second-order valence-corrected chi connectivity index (χ2v) is 4.81. The molecule has 17 heavy (non-hydrogen) atoms. The van der Waals surface area contributed by atoms with Crippen molar-refractivity contribution in [3.8, 4) is 0 Å². The maximum atomic E-state index is 5.09. The van der Waals surface area contributed by atoms with E-state index in [1.54, 1.807) is 7.11 Å². The van der Waals surface area contributed by atoms with Crippen LogP contribution in [-0.2, 0) is 17.7 Å². The predicted octanol–water partition coefficient (Wildman–Crippen LogP) is 1.46. The summed E-state index contributed by atoms with van der Waals surface area (Å²) in [6.45, 7) is 1.58. The number of aromatic nitrogens is 2. The molecule has 2 rings (SSSR count). The van der Waals surface area contributed by atoms with E-state index >= 15 is 0 Å². The number of aryl methyl sites for hydroxylation is 1. The summed E-state index contributed by atoms with van der Waals surface area (Å²) in [5.74, 6) is 0.912. The van der Waals surface area contributed by atoms with Crippen LogP contribution in [0.1, 0.15) is 25.0 Å². The van der Waals surface area contributed by atoms with Gasteiger partial charge in [-0.15, -0.1) is 0 Å². The quantitative estimate of drug-likeness (QED) is 0.744. The van der Waals surface area contributed by atoms with Gasteiger partial charge < -0.3 is 10.1 Å². The van der Waals surface area contributed by atoms with Gasteiger partial charge in [0.2, 0.25) is 0 Å². The van der Waals surface area contributed by atoms with Crippen molar-refractivity contribution in [1.29, 1.82) is 0 Å². The van der Waals surface area contributed by atoms with Gasteiger partial charge in [0, 0.05) is 25.0 Å². The third-order valence-corrected chi connectivity index (χ3v) is 3.59. The lowest BCUT2D eigenvalue weighted by Gasteiger charge is -2.15. The van der Waals surface area contributed by atoms with E-state index in [0.29, 0.717) is 6.04 Å². The van der Waals surface area contributed by atoms with E-state index in [1.165, 1.54) is 25.0 Å². The van der Waals surface area contributed by atoms with Crippen LogP contribution < -0.4 is 5.32 Å². The average molecular weight is 237 g/mol. The van der Waals surface area contributed by atoms with Crippen LogP contribution in [-0.4, -0.2) is 36.6 Å². The zero-order valence-corrected chi connectivity index (χ0v) is 10.9. The molecule has 1 unspecified atom stereocenters. The lowest BCUT2D eigenvalue weighted by molar-refractivity contribution is 0.182. The molecule has 1 aliphatic carbocycles. The molecule has 96 valence electrons. The van der Waals surface area contributed by atoms with E-state index in [0.717, 1.165) is 25.5 Å². The van der Waals surface area contributed by atoms with E-state index in [9.17, 15) is 0 Å². The SMILES string of the molecule is CNC(CCc1ccnn1CCOC)C1CC1. The molecule has 4 heteroatoms. The van der Waals surface area contributed by atoms with E-state index in [-0.39, 0.29) is 0 Å². The highest BCUT2D eigenvalue weighted by atomic mass is 16.5. The molecule has 1 heterocycles. The lowest BCUT2D eigenvalue weighted by Crippen LogP contribution is -2.28. The van der Waals surface area contributed by atoms with Crippen molar-refractivity contribution in [3.05, 3.63) is 18.0 Å². The highest BCUT2D eigenvalue weighted by Gasteiger charge is 2.29. The topological polar surface area (TPSA) is 39.1 Å². The third kappa shape index (κ3) is 3.54. The molecule has 0 radical (unpaired) electrons. The van der Waals surface area contributed by atoms with Gasteiger partial charge in [0.05, 0.1) is 13.2 Å². The molecule has 1 aliphatic rings. The Morgan fingerprint density at radius 2 is 2.41 bits per heavy atom. The van der Waals surface area contributed by atoms with Gasteiger partial charge in [0.25, 0.3) is 0 Å². The van der Waals surface area contributed by atoms with Gasteiger partial charge in [-0.05, 0) is 44.7 Å². The minimum absolute atomic E-state index is 0.681. The maximum absolute atomic E-state index is 5.09. The molecule has 0 aliphatic heterocycles. The Kier molecular flexibility index (Phi) is 4.57. The van der Waals surface area contributed by atoms with E-state index in [2.05, 4.69) is 28.2 Å².